The highest BCUT2D eigenvalue weighted by Gasteiger charge is 2.11. The van der Waals surface area contributed by atoms with Gasteiger partial charge in [-0.15, -0.1) is 0 Å². The third-order valence-corrected chi connectivity index (χ3v) is 1.71. The molecule has 0 aliphatic carbocycles. The zero-order valence-electron chi connectivity index (χ0n) is 7.49. The quantitative estimate of drug-likeness (QED) is 0.587. The molecule has 0 heterocycles. The van der Waals surface area contributed by atoms with Crippen molar-refractivity contribution in [2.24, 2.45) is 0 Å². The highest BCUT2D eigenvalue weighted by atomic mass is 16.8. The van der Waals surface area contributed by atoms with Crippen LogP contribution in [0.2, 0.25) is 0 Å². The Balaban J connectivity index is 3.52. The first-order chi connectivity index (χ1) is 5.07. The average Bonchev–Trinajstić information content (AvgIpc) is 1.87. The molecule has 0 radical (unpaired) electrons. The Morgan fingerprint density at radius 3 is 2.09 bits per heavy atom. The summed E-state index contributed by atoms with van der Waals surface area (Å²) >= 11 is 0. The van der Waals surface area contributed by atoms with Crippen LogP contribution in [0.1, 0.15) is 19.8 Å². The zero-order valence-corrected chi connectivity index (χ0v) is 7.49. The molecule has 0 bridgehead atoms. The molecule has 0 saturated carbocycles. The molecular weight excluding hydrogens is 144 g/mol. The monoisotopic (exact) mass is 162 g/mol. The Morgan fingerprint density at radius 1 is 1.27 bits per heavy atom. The van der Waals surface area contributed by atoms with Gasteiger partial charge in [0.05, 0.1) is 6.04 Å². The maximum atomic E-state index is 8.70. The van der Waals surface area contributed by atoms with Crippen molar-refractivity contribution >= 4 is 0 Å². The summed E-state index contributed by atoms with van der Waals surface area (Å²) in [5.41, 5.74) is 0. The van der Waals surface area contributed by atoms with E-state index >= 15 is 0 Å². The van der Waals surface area contributed by atoms with Crippen molar-refractivity contribution in [3.63, 3.8) is 0 Å². The molecule has 0 aromatic carbocycles. The lowest BCUT2D eigenvalue weighted by atomic mass is 10.1. The fourth-order valence-electron chi connectivity index (χ4n) is 0.890. The van der Waals surface area contributed by atoms with Gasteiger partial charge in [0.1, 0.15) is 0 Å². The normalized spacial score (nSPS) is 14.5. The number of rotatable bonds is 5. The Labute approximate surface area is 67.9 Å². The Kier molecular flexibility index (Phi) is 5.41. The van der Waals surface area contributed by atoms with Gasteiger partial charge in [-0.25, -0.2) is 0 Å². The van der Waals surface area contributed by atoms with Gasteiger partial charge >= 0.3 is 0 Å². The molecule has 0 aliphatic heterocycles. The molecule has 1 unspecified atom stereocenters. The summed E-state index contributed by atoms with van der Waals surface area (Å²) in [5.74, 6) is 0. The fraction of sp³-hybridized carbons (Fsp3) is 1.00. The van der Waals surface area contributed by atoms with Crippen LogP contribution in [0, 0.1) is 0 Å². The number of hydrogen-bond acceptors (Lipinski definition) is 4. The van der Waals surface area contributed by atoms with Crippen LogP contribution in [0.25, 0.3) is 0 Å². The summed E-state index contributed by atoms with van der Waals surface area (Å²) < 4.78 is 0. The fourth-order valence-corrected chi connectivity index (χ4v) is 0.890. The molecule has 4 nitrogen and oxygen atoms in total. The SMILES string of the molecule is CCC(CCN(C)C)N(O)O. The second-order valence-corrected chi connectivity index (χ2v) is 2.97. The molecule has 0 amide bonds. The van der Waals surface area contributed by atoms with Crippen molar-refractivity contribution in [1.29, 1.82) is 0 Å². The molecule has 4 heteroatoms. The third-order valence-electron chi connectivity index (χ3n) is 1.71. The maximum Gasteiger partial charge on any atom is 0.0633 e. The third kappa shape index (κ3) is 5.15. The van der Waals surface area contributed by atoms with Gasteiger partial charge in [-0.3, -0.25) is 10.4 Å². The molecule has 1 atom stereocenters. The number of hydroxylamine groups is 2. The molecule has 11 heavy (non-hydrogen) atoms. The molecule has 0 rings (SSSR count). The van der Waals surface area contributed by atoms with Crippen LogP contribution in [0.4, 0.5) is 0 Å². The van der Waals surface area contributed by atoms with Crippen LogP contribution >= 0.6 is 0 Å². The van der Waals surface area contributed by atoms with Crippen LogP contribution in [-0.4, -0.2) is 47.2 Å². The molecule has 0 aromatic rings. The smallest absolute Gasteiger partial charge is 0.0633 e. The minimum atomic E-state index is -0.141. The first-order valence-corrected chi connectivity index (χ1v) is 3.89. The second kappa shape index (κ2) is 5.49. The van der Waals surface area contributed by atoms with E-state index in [4.69, 9.17) is 10.4 Å². The first kappa shape index (κ1) is 10.8. The van der Waals surface area contributed by atoms with Crippen molar-refractivity contribution in [2.45, 2.75) is 25.8 Å². The van der Waals surface area contributed by atoms with Gasteiger partial charge < -0.3 is 4.90 Å². The van der Waals surface area contributed by atoms with Gasteiger partial charge in [0.2, 0.25) is 0 Å². The van der Waals surface area contributed by atoms with E-state index in [9.17, 15) is 0 Å². The average molecular weight is 162 g/mol. The molecule has 0 fully saturated rings. The standard InChI is InChI=1S/C7H18N2O2/c1-4-7(9(10)11)5-6-8(2)3/h7,10-11H,4-6H2,1-3H3. The first-order valence-electron chi connectivity index (χ1n) is 3.89. The van der Waals surface area contributed by atoms with Gasteiger partial charge in [0.15, 0.2) is 0 Å². The van der Waals surface area contributed by atoms with Crippen LogP contribution in [0.5, 0.6) is 0 Å². The summed E-state index contributed by atoms with van der Waals surface area (Å²) in [6, 6.07) is -0.141. The summed E-state index contributed by atoms with van der Waals surface area (Å²) in [7, 11) is 3.93. The van der Waals surface area contributed by atoms with Crippen LogP contribution in [0.15, 0.2) is 0 Å². The van der Waals surface area contributed by atoms with Gasteiger partial charge in [-0.2, -0.15) is 0 Å². The summed E-state index contributed by atoms with van der Waals surface area (Å²) in [6.45, 7) is 2.80. The van der Waals surface area contributed by atoms with E-state index in [1.165, 1.54) is 0 Å². The summed E-state index contributed by atoms with van der Waals surface area (Å²) in [5, 5.41) is 17.7. The Hall–Kier alpha value is -0.160. The minimum Gasteiger partial charge on any atom is -0.309 e. The lowest BCUT2D eigenvalue weighted by Gasteiger charge is -2.20. The van der Waals surface area contributed by atoms with E-state index in [1.54, 1.807) is 0 Å². The Morgan fingerprint density at radius 2 is 1.82 bits per heavy atom. The van der Waals surface area contributed by atoms with Crippen molar-refractivity contribution < 1.29 is 10.4 Å². The summed E-state index contributed by atoms with van der Waals surface area (Å²) in [6.07, 6.45) is 1.53. The second-order valence-electron chi connectivity index (χ2n) is 2.97. The van der Waals surface area contributed by atoms with Crippen LogP contribution in [-0.2, 0) is 0 Å². The molecular formula is C7H18N2O2. The van der Waals surface area contributed by atoms with E-state index in [1.807, 2.05) is 25.9 Å². The van der Waals surface area contributed by atoms with Crippen LogP contribution in [0.3, 0.4) is 0 Å². The summed E-state index contributed by atoms with van der Waals surface area (Å²) in [4.78, 5) is 2.02. The van der Waals surface area contributed by atoms with Gasteiger partial charge in [-0.1, -0.05) is 12.2 Å². The van der Waals surface area contributed by atoms with Crippen molar-refractivity contribution in [2.75, 3.05) is 20.6 Å². The van der Waals surface area contributed by atoms with E-state index in [0.717, 1.165) is 19.4 Å². The Bertz CT molecular complexity index is 96.4. The molecule has 0 spiro atoms. The van der Waals surface area contributed by atoms with Crippen molar-refractivity contribution in [3.8, 4) is 0 Å². The van der Waals surface area contributed by atoms with E-state index in [0.29, 0.717) is 5.23 Å². The molecule has 68 valence electrons. The van der Waals surface area contributed by atoms with Gasteiger partial charge in [-0.05, 0) is 33.5 Å². The number of hydrogen-bond donors (Lipinski definition) is 2. The van der Waals surface area contributed by atoms with E-state index in [-0.39, 0.29) is 6.04 Å². The molecule has 0 aromatic heterocycles. The maximum absolute atomic E-state index is 8.70. The number of nitrogens with zero attached hydrogens (tertiary/aromatic N) is 2. The van der Waals surface area contributed by atoms with Gasteiger partial charge in [0.25, 0.3) is 0 Å². The highest BCUT2D eigenvalue weighted by molar-refractivity contribution is 4.59. The van der Waals surface area contributed by atoms with Crippen LogP contribution < -0.4 is 0 Å². The predicted molar refractivity (Wildman–Crippen MR) is 42.7 cm³/mol. The largest absolute Gasteiger partial charge is 0.309 e. The molecule has 2 N–H and O–H groups in total. The predicted octanol–water partition coefficient (Wildman–Crippen LogP) is 0.797. The molecule has 0 aliphatic rings. The lowest BCUT2D eigenvalue weighted by molar-refractivity contribution is -0.333. The van der Waals surface area contributed by atoms with Crippen molar-refractivity contribution in [1.82, 2.24) is 10.1 Å². The zero-order chi connectivity index (χ0) is 8.85. The van der Waals surface area contributed by atoms with E-state index < -0.39 is 0 Å². The lowest BCUT2D eigenvalue weighted by Crippen LogP contribution is -2.31. The topological polar surface area (TPSA) is 46.9 Å². The molecule has 0 saturated heterocycles. The van der Waals surface area contributed by atoms with Crippen molar-refractivity contribution in [3.05, 3.63) is 0 Å². The highest BCUT2D eigenvalue weighted by Crippen LogP contribution is 2.03. The minimum absolute atomic E-state index is 0.141. The van der Waals surface area contributed by atoms with E-state index in [2.05, 4.69) is 0 Å². The van der Waals surface area contributed by atoms with Gasteiger partial charge in [0, 0.05) is 0 Å².